The Morgan fingerprint density at radius 2 is 1.67 bits per heavy atom. The molecule has 0 heterocycles. The van der Waals surface area contributed by atoms with Crippen molar-refractivity contribution in [1.82, 2.24) is 4.90 Å². The molecule has 0 unspecified atom stereocenters. The fourth-order valence-corrected chi connectivity index (χ4v) is 2.14. The maximum Gasteiger partial charge on any atom is 0.401 e. The van der Waals surface area contributed by atoms with Gasteiger partial charge in [0.2, 0.25) is 0 Å². The summed E-state index contributed by atoms with van der Waals surface area (Å²) in [6.07, 6.45) is -0.713. The lowest BCUT2D eigenvalue weighted by molar-refractivity contribution is -0.146. The average molecular weight is 268 g/mol. The van der Waals surface area contributed by atoms with Crippen molar-refractivity contribution in [2.24, 2.45) is 11.1 Å². The van der Waals surface area contributed by atoms with Crippen LogP contribution >= 0.6 is 0 Å². The van der Waals surface area contributed by atoms with Gasteiger partial charge >= 0.3 is 6.18 Å². The van der Waals surface area contributed by atoms with Crippen molar-refractivity contribution in [1.29, 1.82) is 0 Å². The number of nitrogens with zero attached hydrogens (tertiary/aromatic N) is 1. The molecule has 2 N–H and O–H groups in total. The van der Waals surface area contributed by atoms with Gasteiger partial charge < -0.3 is 5.73 Å². The van der Waals surface area contributed by atoms with Crippen LogP contribution in [0.1, 0.15) is 46.5 Å². The minimum Gasteiger partial charge on any atom is -0.330 e. The van der Waals surface area contributed by atoms with E-state index in [0.29, 0.717) is 19.6 Å². The number of rotatable bonds is 9. The van der Waals surface area contributed by atoms with E-state index in [1.54, 1.807) is 0 Å². The number of alkyl halides is 3. The highest BCUT2D eigenvalue weighted by Crippen LogP contribution is 2.26. The van der Waals surface area contributed by atoms with Crippen LogP contribution in [0.4, 0.5) is 13.2 Å². The Balaban J connectivity index is 4.04. The molecule has 0 bridgehead atoms. The van der Waals surface area contributed by atoms with Crippen LogP contribution in [0.3, 0.4) is 0 Å². The summed E-state index contributed by atoms with van der Waals surface area (Å²) >= 11 is 0. The molecule has 0 aliphatic rings. The van der Waals surface area contributed by atoms with E-state index >= 15 is 0 Å². The quantitative estimate of drug-likeness (QED) is 0.694. The molecule has 0 aromatic carbocycles. The summed E-state index contributed by atoms with van der Waals surface area (Å²) in [5, 5.41) is 0. The van der Waals surface area contributed by atoms with Gasteiger partial charge in [-0.3, -0.25) is 4.90 Å². The molecule has 0 aliphatic heterocycles. The van der Waals surface area contributed by atoms with Gasteiger partial charge in [0.25, 0.3) is 0 Å². The van der Waals surface area contributed by atoms with Gasteiger partial charge in [-0.1, -0.05) is 20.8 Å². The molecule has 0 amide bonds. The smallest absolute Gasteiger partial charge is 0.330 e. The molecule has 0 spiro atoms. The van der Waals surface area contributed by atoms with E-state index in [9.17, 15) is 13.2 Å². The molecular weight excluding hydrogens is 241 g/mol. The van der Waals surface area contributed by atoms with Gasteiger partial charge in [0.15, 0.2) is 0 Å². The van der Waals surface area contributed by atoms with Crippen LogP contribution in [-0.2, 0) is 0 Å². The third kappa shape index (κ3) is 9.71. The first-order valence-corrected chi connectivity index (χ1v) is 6.69. The fourth-order valence-electron chi connectivity index (χ4n) is 2.14. The first kappa shape index (κ1) is 17.7. The maximum atomic E-state index is 12.4. The van der Waals surface area contributed by atoms with Crippen molar-refractivity contribution in [2.75, 3.05) is 26.2 Å². The molecule has 0 aromatic heterocycles. The Morgan fingerprint density at radius 3 is 2.11 bits per heavy atom. The van der Waals surface area contributed by atoms with Crippen molar-refractivity contribution in [3.05, 3.63) is 0 Å². The molecule has 0 fully saturated rings. The van der Waals surface area contributed by atoms with E-state index in [0.717, 1.165) is 25.7 Å². The van der Waals surface area contributed by atoms with E-state index < -0.39 is 12.7 Å². The Morgan fingerprint density at radius 1 is 1.06 bits per heavy atom. The zero-order chi connectivity index (χ0) is 14.2. The summed E-state index contributed by atoms with van der Waals surface area (Å²) in [6, 6.07) is 0. The number of halogens is 3. The van der Waals surface area contributed by atoms with Gasteiger partial charge in [0.1, 0.15) is 0 Å². The zero-order valence-corrected chi connectivity index (χ0v) is 11.8. The second-order valence-corrected chi connectivity index (χ2v) is 5.70. The molecule has 0 atom stereocenters. The maximum absolute atomic E-state index is 12.4. The second-order valence-electron chi connectivity index (χ2n) is 5.70. The van der Waals surface area contributed by atoms with E-state index in [1.807, 2.05) is 6.92 Å². The highest BCUT2D eigenvalue weighted by atomic mass is 19.4. The molecule has 0 aliphatic carbocycles. The van der Waals surface area contributed by atoms with Gasteiger partial charge in [-0.05, 0) is 50.7 Å². The Labute approximate surface area is 109 Å². The van der Waals surface area contributed by atoms with Gasteiger partial charge in [0.05, 0.1) is 6.54 Å². The summed E-state index contributed by atoms with van der Waals surface area (Å²) in [5.74, 6) is 0. The van der Waals surface area contributed by atoms with Gasteiger partial charge in [0, 0.05) is 0 Å². The Bertz CT molecular complexity index is 215. The monoisotopic (exact) mass is 268 g/mol. The molecule has 0 radical (unpaired) electrons. The topological polar surface area (TPSA) is 29.3 Å². The van der Waals surface area contributed by atoms with Crippen LogP contribution in [0.5, 0.6) is 0 Å². The van der Waals surface area contributed by atoms with Crippen LogP contribution in [0.15, 0.2) is 0 Å². The largest absolute Gasteiger partial charge is 0.401 e. The molecule has 0 saturated heterocycles. The highest BCUT2D eigenvalue weighted by Gasteiger charge is 2.30. The number of nitrogens with two attached hydrogens (primary N) is 1. The first-order valence-electron chi connectivity index (χ1n) is 6.69. The summed E-state index contributed by atoms with van der Waals surface area (Å²) in [5.41, 5.74) is 5.65. The SMILES string of the molecule is CCCN(CCCC(C)(C)CCN)CC(F)(F)F. The van der Waals surface area contributed by atoms with Gasteiger partial charge in [-0.2, -0.15) is 13.2 Å². The summed E-state index contributed by atoms with van der Waals surface area (Å²) in [6.45, 7) is 7.01. The van der Waals surface area contributed by atoms with Crippen molar-refractivity contribution >= 4 is 0 Å². The van der Waals surface area contributed by atoms with Crippen molar-refractivity contribution in [2.45, 2.75) is 52.6 Å². The van der Waals surface area contributed by atoms with E-state index in [1.165, 1.54) is 4.90 Å². The standard InChI is InChI=1S/C13H27F3N2/c1-4-9-18(11-13(14,15)16)10-5-6-12(2,3)7-8-17/h4-11,17H2,1-3H3. The third-order valence-corrected chi connectivity index (χ3v) is 3.09. The predicted molar refractivity (Wildman–Crippen MR) is 69.5 cm³/mol. The number of hydrogen-bond acceptors (Lipinski definition) is 2. The Kier molecular flexibility index (Phi) is 7.87. The second kappa shape index (κ2) is 8.00. The fraction of sp³-hybridized carbons (Fsp3) is 1.00. The first-order chi connectivity index (χ1) is 8.20. The van der Waals surface area contributed by atoms with E-state index in [2.05, 4.69) is 13.8 Å². The van der Waals surface area contributed by atoms with Crippen LogP contribution in [0.25, 0.3) is 0 Å². The summed E-state index contributed by atoms with van der Waals surface area (Å²) in [4.78, 5) is 1.50. The normalized spacial score (nSPS) is 13.3. The molecule has 2 nitrogen and oxygen atoms in total. The van der Waals surface area contributed by atoms with Crippen molar-refractivity contribution in [3.63, 3.8) is 0 Å². The van der Waals surface area contributed by atoms with E-state index in [-0.39, 0.29) is 5.41 Å². The van der Waals surface area contributed by atoms with Crippen molar-refractivity contribution in [3.8, 4) is 0 Å². The molecular formula is C13H27F3N2. The predicted octanol–water partition coefficient (Wildman–Crippen LogP) is 3.42. The minimum absolute atomic E-state index is 0.130. The van der Waals surface area contributed by atoms with E-state index in [4.69, 9.17) is 5.73 Å². The number of hydrogen-bond donors (Lipinski definition) is 1. The zero-order valence-electron chi connectivity index (χ0n) is 11.8. The lowest BCUT2D eigenvalue weighted by atomic mass is 9.84. The summed E-state index contributed by atoms with van der Waals surface area (Å²) < 4.78 is 37.1. The van der Waals surface area contributed by atoms with Crippen molar-refractivity contribution < 1.29 is 13.2 Å². The Hall–Kier alpha value is -0.290. The third-order valence-electron chi connectivity index (χ3n) is 3.09. The summed E-state index contributed by atoms with van der Waals surface area (Å²) in [7, 11) is 0. The van der Waals surface area contributed by atoms with Gasteiger partial charge in [-0.15, -0.1) is 0 Å². The molecule has 0 saturated carbocycles. The molecule has 0 aromatic rings. The van der Waals surface area contributed by atoms with Gasteiger partial charge in [-0.25, -0.2) is 0 Å². The molecule has 110 valence electrons. The minimum atomic E-state index is -4.10. The molecule has 18 heavy (non-hydrogen) atoms. The van der Waals surface area contributed by atoms with Crippen LogP contribution < -0.4 is 5.73 Å². The lowest BCUT2D eigenvalue weighted by Gasteiger charge is -2.27. The van der Waals surface area contributed by atoms with Crippen LogP contribution in [0, 0.1) is 5.41 Å². The lowest BCUT2D eigenvalue weighted by Crippen LogP contribution is -2.36. The highest BCUT2D eigenvalue weighted by molar-refractivity contribution is 4.71. The molecule has 0 rings (SSSR count). The average Bonchev–Trinajstić information content (AvgIpc) is 2.14. The van der Waals surface area contributed by atoms with Crippen LogP contribution in [-0.4, -0.2) is 37.3 Å². The molecule has 5 heteroatoms. The van der Waals surface area contributed by atoms with Crippen LogP contribution in [0.2, 0.25) is 0 Å².